The highest BCUT2D eigenvalue weighted by molar-refractivity contribution is 7.16. The number of nitrogens with zero attached hydrogens (tertiary/aromatic N) is 2. The smallest absolute Gasteiger partial charge is 0.300 e. The molecule has 8 heteroatoms. The molecule has 0 aliphatic rings. The Hall–Kier alpha value is -1.96. The summed E-state index contributed by atoms with van der Waals surface area (Å²) in [6, 6.07) is 7.40. The normalized spacial score (nSPS) is 10.8. The lowest BCUT2D eigenvalue weighted by molar-refractivity contribution is -0.116. The van der Waals surface area contributed by atoms with E-state index in [0.717, 1.165) is 33.2 Å². The summed E-state index contributed by atoms with van der Waals surface area (Å²) in [7, 11) is 0. The SMILES string of the molecule is Cc1sc(NC(=O)Cn2c(C)csc2=O)nc1-c1ccc(Cl)cc1. The van der Waals surface area contributed by atoms with Gasteiger partial charge in [0.1, 0.15) is 6.54 Å². The molecule has 124 valence electrons. The van der Waals surface area contributed by atoms with E-state index >= 15 is 0 Å². The molecule has 1 N–H and O–H groups in total. The summed E-state index contributed by atoms with van der Waals surface area (Å²) in [6.45, 7) is 3.74. The van der Waals surface area contributed by atoms with Gasteiger partial charge in [0.2, 0.25) is 5.91 Å². The summed E-state index contributed by atoms with van der Waals surface area (Å²) in [5.41, 5.74) is 2.53. The molecule has 0 saturated heterocycles. The van der Waals surface area contributed by atoms with Crippen LogP contribution in [-0.2, 0) is 11.3 Å². The number of thiazole rings is 2. The van der Waals surface area contributed by atoms with Crippen LogP contribution in [0.5, 0.6) is 0 Å². The Bertz CT molecular complexity index is 941. The number of amides is 1. The molecule has 0 bridgehead atoms. The van der Waals surface area contributed by atoms with Crippen molar-refractivity contribution in [2.45, 2.75) is 20.4 Å². The maximum atomic E-state index is 12.2. The first-order valence-corrected chi connectivity index (χ1v) is 9.19. The number of hydrogen-bond donors (Lipinski definition) is 1. The van der Waals surface area contributed by atoms with Gasteiger partial charge in [0.25, 0.3) is 0 Å². The maximum absolute atomic E-state index is 12.2. The average Bonchev–Trinajstić information content (AvgIpc) is 3.05. The molecule has 0 spiro atoms. The van der Waals surface area contributed by atoms with Gasteiger partial charge in [-0.25, -0.2) is 4.98 Å². The van der Waals surface area contributed by atoms with Gasteiger partial charge in [-0.15, -0.1) is 11.3 Å². The van der Waals surface area contributed by atoms with E-state index in [9.17, 15) is 9.59 Å². The molecular formula is C16H14ClN3O2S2. The molecule has 5 nitrogen and oxygen atoms in total. The van der Waals surface area contributed by atoms with Gasteiger partial charge in [-0.3, -0.25) is 14.2 Å². The minimum absolute atomic E-state index is 0.0108. The van der Waals surface area contributed by atoms with Crippen LogP contribution in [0.3, 0.4) is 0 Å². The molecular weight excluding hydrogens is 366 g/mol. The number of aryl methyl sites for hydroxylation is 2. The number of carbonyl (C=O) groups is 1. The quantitative estimate of drug-likeness (QED) is 0.746. The summed E-state index contributed by atoms with van der Waals surface area (Å²) in [5, 5.41) is 5.68. The first kappa shape index (κ1) is 16.9. The van der Waals surface area contributed by atoms with Crippen molar-refractivity contribution in [2.24, 2.45) is 0 Å². The fraction of sp³-hybridized carbons (Fsp3) is 0.188. The maximum Gasteiger partial charge on any atom is 0.307 e. The lowest BCUT2D eigenvalue weighted by Crippen LogP contribution is -2.25. The predicted octanol–water partition coefficient (Wildman–Crippen LogP) is 3.94. The monoisotopic (exact) mass is 379 g/mol. The lowest BCUT2D eigenvalue weighted by Gasteiger charge is -2.04. The van der Waals surface area contributed by atoms with Crippen molar-refractivity contribution in [2.75, 3.05) is 5.32 Å². The van der Waals surface area contributed by atoms with Gasteiger partial charge in [-0.2, -0.15) is 0 Å². The summed E-state index contributed by atoms with van der Waals surface area (Å²) in [5.74, 6) is -0.269. The van der Waals surface area contributed by atoms with E-state index in [1.54, 1.807) is 24.4 Å². The third kappa shape index (κ3) is 3.58. The zero-order chi connectivity index (χ0) is 17.3. The molecule has 0 fully saturated rings. The van der Waals surface area contributed by atoms with Gasteiger partial charge in [-0.05, 0) is 26.0 Å². The summed E-state index contributed by atoms with van der Waals surface area (Å²) in [6.07, 6.45) is 0. The van der Waals surface area contributed by atoms with Gasteiger partial charge in [-0.1, -0.05) is 35.1 Å². The van der Waals surface area contributed by atoms with Crippen LogP contribution in [0.1, 0.15) is 10.6 Å². The van der Waals surface area contributed by atoms with Crippen molar-refractivity contribution < 1.29 is 4.79 Å². The number of benzene rings is 1. The van der Waals surface area contributed by atoms with Crippen LogP contribution < -0.4 is 10.2 Å². The number of anilines is 1. The third-order valence-corrected chi connectivity index (χ3v) is 5.46. The van der Waals surface area contributed by atoms with Crippen LogP contribution >= 0.6 is 34.3 Å². The van der Waals surface area contributed by atoms with E-state index < -0.39 is 0 Å². The van der Waals surface area contributed by atoms with Crippen LogP contribution in [0.2, 0.25) is 5.02 Å². The Labute approximate surface area is 151 Å². The summed E-state index contributed by atoms with van der Waals surface area (Å²) in [4.78, 5) is 29.2. The Morgan fingerprint density at radius 1 is 1.29 bits per heavy atom. The number of halogens is 1. The minimum Gasteiger partial charge on any atom is -0.300 e. The van der Waals surface area contributed by atoms with E-state index in [1.165, 1.54) is 15.9 Å². The van der Waals surface area contributed by atoms with E-state index in [2.05, 4.69) is 10.3 Å². The fourth-order valence-electron chi connectivity index (χ4n) is 2.22. The number of carbonyl (C=O) groups excluding carboxylic acids is 1. The minimum atomic E-state index is -0.269. The average molecular weight is 380 g/mol. The molecule has 0 aliphatic heterocycles. The van der Waals surface area contributed by atoms with Gasteiger partial charge in [0.05, 0.1) is 5.69 Å². The molecule has 2 aromatic heterocycles. The van der Waals surface area contributed by atoms with Crippen LogP contribution in [0.4, 0.5) is 5.13 Å². The second kappa shape index (κ2) is 6.88. The van der Waals surface area contributed by atoms with Gasteiger partial charge in [0.15, 0.2) is 5.13 Å². The molecule has 3 aromatic rings. The molecule has 0 aliphatic carbocycles. The van der Waals surface area contributed by atoms with Crippen molar-refractivity contribution in [1.29, 1.82) is 0 Å². The highest BCUT2D eigenvalue weighted by atomic mass is 35.5. The second-order valence-corrected chi connectivity index (χ2v) is 7.67. The van der Waals surface area contributed by atoms with Crippen molar-refractivity contribution in [3.63, 3.8) is 0 Å². The van der Waals surface area contributed by atoms with Crippen molar-refractivity contribution in [3.05, 3.63) is 54.9 Å². The second-order valence-electron chi connectivity index (χ2n) is 5.21. The topological polar surface area (TPSA) is 64.0 Å². The van der Waals surface area contributed by atoms with E-state index in [-0.39, 0.29) is 17.3 Å². The highest BCUT2D eigenvalue weighted by Crippen LogP contribution is 2.31. The van der Waals surface area contributed by atoms with Crippen molar-refractivity contribution in [3.8, 4) is 11.3 Å². The zero-order valence-electron chi connectivity index (χ0n) is 13.0. The molecule has 3 rings (SSSR count). The Morgan fingerprint density at radius 2 is 2.00 bits per heavy atom. The number of rotatable bonds is 4. The lowest BCUT2D eigenvalue weighted by atomic mass is 10.1. The van der Waals surface area contributed by atoms with E-state index in [0.29, 0.717) is 10.2 Å². The van der Waals surface area contributed by atoms with Gasteiger partial charge < -0.3 is 5.32 Å². The predicted molar refractivity (Wildman–Crippen MR) is 99.2 cm³/mol. The molecule has 0 radical (unpaired) electrons. The first-order valence-electron chi connectivity index (χ1n) is 7.12. The van der Waals surface area contributed by atoms with Crippen molar-refractivity contribution in [1.82, 2.24) is 9.55 Å². The fourth-order valence-corrected chi connectivity index (χ4v) is 3.94. The zero-order valence-corrected chi connectivity index (χ0v) is 15.4. The highest BCUT2D eigenvalue weighted by Gasteiger charge is 2.14. The molecule has 0 unspecified atom stereocenters. The molecule has 1 aromatic carbocycles. The van der Waals surface area contributed by atoms with Crippen LogP contribution in [-0.4, -0.2) is 15.5 Å². The number of hydrogen-bond acceptors (Lipinski definition) is 5. The van der Waals surface area contributed by atoms with Gasteiger partial charge in [0, 0.05) is 26.5 Å². The Kier molecular flexibility index (Phi) is 4.84. The number of nitrogens with one attached hydrogen (secondary N) is 1. The molecule has 24 heavy (non-hydrogen) atoms. The molecule has 1 amide bonds. The Balaban J connectivity index is 1.76. The Morgan fingerprint density at radius 3 is 2.62 bits per heavy atom. The summed E-state index contributed by atoms with van der Waals surface area (Å²) < 4.78 is 1.45. The molecule has 0 saturated carbocycles. The van der Waals surface area contributed by atoms with Gasteiger partial charge >= 0.3 is 4.87 Å². The third-order valence-electron chi connectivity index (χ3n) is 3.44. The van der Waals surface area contributed by atoms with Crippen LogP contribution in [0.15, 0.2) is 34.4 Å². The van der Waals surface area contributed by atoms with Crippen molar-refractivity contribution >= 4 is 45.3 Å². The van der Waals surface area contributed by atoms with Crippen LogP contribution in [0.25, 0.3) is 11.3 Å². The van der Waals surface area contributed by atoms with E-state index in [4.69, 9.17) is 11.6 Å². The first-order chi connectivity index (χ1) is 11.4. The summed E-state index contributed by atoms with van der Waals surface area (Å²) >= 11 is 8.39. The standard InChI is InChI=1S/C16H14ClN3O2S2/c1-9-8-23-16(22)20(9)7-13(21)18-15-19-14(10(2)24-15)11-3-5-12(17)6-4-11/h3-6,8H,7H2,1-2H3,(H,18,19,21). The van der Waals surface area contributed by atoms with E-state index in [1.807, 2.05) is 19.1 Å². The number of aromatic nitrogens is 2. The largest absolute Gasteiger partial charge is 0.307 e. The molecule has 0 atom stereocenters. The molecule has 2 heterocycles. The van der Waals surface area contributed by atoms with Crippen LogP contribution in [0, 0.1) is 13.8 Å².